The summed E-state index contributed by atoms with van der Waals surface area (Å²) in [5, 5.41) is 5.57. The van der Waals surface area contributed by atoms with Gasteiger partial charge in [0.2, 0.25) is 0 Å². The predicted octanol–water partition coefficient (Wildman–Crippen LogP) is 3.86. The van der Waals surface area contributed by atoms with Crippen LogP contribution in [0.4, 0.5) is 5.69 Å². The molecule has 6 heteroatoms. The Balaban J connectivity index is 1.65. The number of amides is 2. The Bertz CT molecular complexity index is 919. The summed E-state index contributed by atoms with van der Waals surface area (Å²) in [5.41, 5.74) is 1.46. The summed E-state index contributed by atoms with van der Waals surface area (Å²) in [6.45, 7) is 2.71. The highest BCUT2D eigenvalue weighted by atomic mass is 16.5. The van der Waals surface area contributed by atoms with Gasteiger partial charge in [-0.05, 0) is 55.5 Å². The summed E-state index contributed by atoms with van der Waals surface area (Å²) in [7, 11) is 0. The van der Waals surface area contributed by atoms with Crippen LogP contribution in [0.25, 0.3) is 0 Å². The van der Waals surface area contributed by atoms with Gasteiger partial charge in [0.1, 0.15) is 11.5 Å². The van der Waals surface area contributed by atoms with Crippen LogP contribution < -0.4 is 15.4 Å². The van der Waals surface area contributed by atoms with Crippen molar-refractivity contribution < 1.29 is 18.7 Å². The highest BCUT2D eigenvalue weighted by molar-refractivity contribution is 6.05. The standard InChI is InChI=1S/C21H20N2O4/c1-2-26-18-9-4-7-16(13-18)21(25)23-17-8-3-6-15(12-17)20(24)22-14-19-10-5-11-27-19/h3-13H,2,14H2,1H3,(H,22,24)(H,23,25). The average Bonchev–Trinajstić information content (AvgIpc) is 3.20. The van der Waals surface area contributed by atoms with Crippen LogP contribution in [0.5, 0.6) is 5.75 Å². The monoisotopic (exact) mass is 364 g/mol. The van der Waals surface area contributed by atoms with Crippen molar-refractivity contribution in [3.63, 3.8) is 0 Å². The first-order chi connectivity index (χ1) is 13.2. The summed E-state index contributed by atoms with van der Waals surface area (Å²) in [6, 6.07) is 17.2. The first kappa shape index (κ1) is 18.3. The second-order valence-corrected chi connectivity index (χ2v) is 5.76. The Morgan fingerprint density at radius 2 is 1.74 bits per heavy atom. The van der Waals surface area contributed by atoms with Crippen molar-refractivity contribution in [2.24, 2.45) is 0 Å². The van der Waals surface area contributed by atoms with E-state index in [0.29, 0.717) is 41.5 Å². The molecular formula is C21H20N2O4. The number of nitrogens with one attached hydrogen (secondary N) is 2. The van der Waals surface area contributed by atoms with Gasteiger partial charge in [0, 0.05) is 16.8 Å². The Morgan fingerprint density at radius 1 is 0.963 bits per heavy atom. The van der Waals surface area contributed by atoms with E-state index >= 15 is 0 Å². The Morgan fingerprint density at radius 3 is 2.48 bits per heavy atom. The highest BCUT2D eigenvalue weighted by Gasteiger charge is 2.10. The van der Waals surface area contributed by atoms with E-state index in [9.17, 15) is 9.59 Å². The number of furan rings is 1. The van der Waals surface area contributed by atoms with Gasteiger partial charge in [0.15, 0.2) is 0 Å². The minimum absolute atomic E-state index is 0.249. The molecule has 1 heterocycles. The maximum atomic E-state index is 12.5. The summed E-state index contributed by atoms with van der Waals surface area (Å²) < 4.78 is 10.6. The van der Waals surface area contributed by atoms with Gasteiger partial charge in [-0.15, -0.1) is 0 Å². The molecule has 3 rings (SSSR count). The smallest absolute Gasteiger partial charge is 0.255 e. The first-order valence-corrected chi connectivity index (χ1v) is 8.60. The van der Waals surface area contributed by atoms with Gasteiger partial charge in [0.25, 0.3) is 11.8 Å². The van der Waals surface area contributed by atoms with E-state index in [-0.39, 0.29) is 11.8 Å². The van der Waals surface area contributed by atoms with Crippen LogP contribution in [-0.2, 0) is 6.54 Å². The summed E-state index contributed by atoms with van der Waals surface area (Å²) >= 11 is 0. The molecule has 3 aromatic rings. The zero-order valence-electron chi connectivity index (χ0n) is 14.9. The largest absolute Gasteiger partial charge is 0.494 e. The molecule has 138 valence electrons. The number of carbonyl (C=O) groups is 2. The van der Waals surface area contributed by atoms with Gasteiger partial charge in [-0.25, -0.2) is 0 Å². The minimum Gasteiger partial charge on any atom is -0.494 e. The zero-order chi connectivity index (χ0) is 19.1. The third-order valence-corrected chi connectivity index (χ3v) is 3.79. The predicted molar refractivity (Wildman–Crippen MR) is 102 cm³/mol. The number of rotatable bonds is 7. The molecule has 0 spiro atoms. The van der Waals surface area contributed by atoms with Crippen molar-refractivity contribution in [3.05, 3.63) is 83.8 Å². The lowest BCUT2D eigenvalue weighted by molar-refractivity contribution is 0.0946. The Labute approximate surface area is 157 Å². The third-order valence-electron chi connectivity index (χ3n) is 3.79. The van der Waals surface area contributed by atoms with Crippen LogP contribution in [0.1, 0.15) is 33.4 Å². The number of ether oxygens (including phenoxy) is 1. The molecule has 0 saturated heterocycles. The molecule has 0 bridgehead atoms. The molecule has 1 aromatic heterocycles. The molecule has 0 fully saturated rings. The first-order valence-electron chi connectivity index (χ1n) is 8.60. The topological polar surface area (TPSA) is 80.6 Å². The van der Waals surface area contributed by atoms with E-state index in [1.54, 1.807) is 66.9 Å². The van der Waals surface area contributed by atoms with E-state index in [1.165, 1.54) is 0 Å². The summed E-state index contributed by atoms with van der Waals surface area (Å²) in [6.07, 6.45) is 1.55. The molecule has 2 N–H and O–H groups in total. The number of hydrogen-bond donors (Lipinski definition) is 2. The SMILES string of the molecule is CCOc1cccc(C(=O)Nc2cccc(C(=O)NCc3ccco3)c2)c1. The van der Waals surface area contributed by atoms with E-state index in [1.807, 2.05) is 6.92 Å². The number of hydrogen-bond acceptors (Lipinski definition) is 4. The van der Waals surface area contributed by atoms with Crippen molar-refractivity contribution in [2.75, 3.05) is 11.9 Å². The lowest BCUT2D eigenvalue weighted by Crippen LogP contribution is -2.22. The second kappa shape index (κ2) is 8.71. The summed E-state index contributed by atoms with van der Waals surface area (Å²) in [5.74, 6) is 0.781. The molecule has 0 aliphatic rings. The van der Waals surface area contributed by atoms with Crippen molar-refractivity contribution in [1.82, 2.24) is 5.32 Å². The van der Waals surface area contributed by atoms with Crippen molar-refractivity contribution in [1.29, 1.82) is 0 Å². The third kappa shape index (κ3) is 4.98. The molecular weight excluding hydrogens is 344 g/mol. The van der Waals surface area contributed by atoms with Crippen molar-refractivity contribution >= 4 is 17.5 Å². The van der Waals surface area contributed by atoms with Crippen LogP contribution >= 0.6 is 0 Å². The molecule has 6 nitrogen and oxygen atoms in total. The number of carbonyl (C=O) groups excluding carboxylic acids is 2. The fraction of sp³-hybridized carbons (Fsp3) is 0.143. The molecule has 0 saturated carbocycles. The van der Waals surface area contributed by atoms with E-state index < -0.39 is 0 Å². The molecule has 0 atom stereocenters. The van der Waals surface area contributed by atoms with Crippen LogP contribution in [0.2, 0.25) is 0 Å². The molecule has 0 radical (unpaired) electrons. The van der Waals surface area contributed by atoms with Crippen LogP contribution in [0, 0.1) is 0 Å². The number of anilines is 1. The Kier molecular flexibility index (Phi) is 5.89. The van der Waals surface area contributed by atoms with Crippen molar-refractivity contribution in [3.8, 4) is 5.75 Å². The molecule has 0 aliphatic carbocycles. The van der Waals surface area contributed by atoms with Gasteiger partial charge < -0.3 is 19.8 Å². The van der Waals surface area contributed by atoms with Gasteiger partial charge in [-0.2, -0.15) is 0 Å². The molecule has 27 heavy (non-hydrogen) atoms. The normalized spacial score (nSPS) is 10.3. The van der Waals surface area contributed by atoms with Crippen LogP contribution in [0.3, 0.4) is 0 Å². The lowest BCUT2D eigenvalue weighted by atomic mass is 10.1. The molecule has 2 aromatic carbocycles. The maximum absolute atomic E-state index is 12.5. The summed E-state index contributed by atoms with van der Waals surface area (Å²) in [4.78, 5) is 24.7. The lowest BCUT2D eigenvalue weighted by Gasteiger charge is -2.09. The van der Waals surface area contributed by atoms with Crippen LogP contribution in [0.15, 0.2) is 71.3 Å². The quantitative estimate of drug-likeness (QED) is 0.667. The minimum atomic E-state index is -0.273. The zero-order valence-corrected chi connectivity index (χ0v) is 14.9. The average molecular weight is 364 g/mol. The second-order valence-electron chi connectivity index (χ2n) is 5.76. The van der Waals surface area contributed by atoms with E-state index in [0.717, 1.165) is 0 Å². The van der Waals surface area contributed by atoms with E-state index in [4.69, 9.17) is 9.15 Å². The van der Waals surface area contributed by atoms with Gasteiger partial charge in [-0.3, -0.25) is 9.59 Å². The van der Waals surface area contributed by atoms with Crippen LogP contribution in [-0.4, -0.2) is 18.4 Å². The Hall–Kier alpha value is -3.54. The van der Waals surface area contributed by atoms with Crippen molar-refractivity contribution in [2.45, 2.75) is 13.5 Å². The molecule has 2 amide bonds. The maximum Gasteiger partial charge on any atom is 0.255 e. The van der Waals surface area contributed by atoms with E-state index in [2.05, 4.69) is 10.6 Å². The van der Waals surface area contributed by atoms with Gasteiger partial charge in [0.05, 0.1) is 19.4 Å². The van der Waals surface area contributed by atoms with Gasteiger partial charge >= 0.3 is 0 Å². The fourth-order valence-corrected chi connectivity index (χ4v) is 2.52. The fourth-order valence-electron chi connectivity index (χ4n) is 2.52. The number of benzene rings is 2. The van der Waals surface area contributed by atoms with Gasteiger partial charge in [-0.1, -0.05) is 12.1 Å². The molecule has 0 aliphatic heterocycles. The molecule has 0 unspecified atom stereocenters. The highest BCUT2D eigenvalue weighted by Crippen LogP contribution is 2.16.